The van der Waals surface area contributed by atoms with Crippen LogP contribution in [0.5, 0.6) is 0 Å². The second kappa shape index (κ2) is 12.9. The van der Waals surface area contributed by atoms with Crippen LogP contribution in [0.15, 0.2) is 0 Å². The monoisotopic (exact) mass is 262 g/mol. The Kier molecular flexibility index (Phi) is 15.9. The summed E-state index contributed by atoms with van der Waals surface area (Å²) in [7, 11) is 0. The van der Waals surface area contributed by atoms with E-state index >= 15 is 0 Å². The molecule has 0 N–H and O–H groups in total. The van der Waals surface area contributed by atoms with Crippen molar-refractivity contribution in [1.29, 1.82) is 0 Å². The van der Waals surface area contributed by atoms with Gasteiger partial charge in [-0.1, -0.05) is 44.9 Å². The van der Waals surface area contributed by atoms with Gasteiger partial charge in [0, 0.05) is 6.42 Å². The van der Waals surface area contributed by atoms with Crippen LogP contribution in [-0.4, -0.2) is 6.18 Å². The molecule has 0 spiro atoms. The number of unbranched alkanes of at least 4 members (excludes halogenated alkanes) is 8. The van der Waals surface area contributed by atoms with E-state index < -0.39 is 12.6 Å². The Balaban J connectivity index is 0. The minimum atomic E-state index is -3.96. The van der Waals surface area contributed by atoms with Gasteiger partial charge >= 0.3 is 57.6 Å². The first-order valence-electron chi connectivity index (χ1n) is 5.92. The Hall–Kier alpha value is 1.43. The number of halogens is 3. The standard InChI is InChI=1S/C12H22F3.K/c1-2-3-4-5-6-7-8-9-10-11-12(13,14)15;/h1-11H2;/q-1;+1. The number of rotatable bonds is 9. The summed E-state index contributed by atoms with van der Waals surface area (Å²) in [5, 5.41) is 0. The number of hydrogen-bond acceptors (Lipinski definition) is 0. The second-order valence-electron chi connectivity index (χ2n) is 4.05. The first-order chi connectivity index (χ1) is 7.06. The maximum absolute atomic E-state index is 11.8. The predicted octanol–water partition coefficient (Wildman–Crippen LogP) is 2.29. The Morgan fingerprint density at radius 2 is 1.06 bits per heavy atom. The van der Waals surface area contributed by atoms with Gasteiger partial charge in [-0.25, -0.2) is 0 Å². The molecule has 16 heavy (non-hydrogen) atoms. The molecule has 0 rings (SSSR count). The first-order valence-corrected chi connectivity index (χ1v) is 5.92. The molecule has 0 saturated heterocycles. The van der Waals surface area contributed by atoms with Crippen molar-refractivity contribution < 1.29 is 64.6 Å². The molecule has 4 heteroatoms. The zero-order valence-corrected chi connectivity index (χ0v) is 13.5. The number of hydrogen-bond donors (Lipinski definition) is 0. The van der Waals surface area contributed by atoms with Crippen molar-refractivity contribution in [2.45, 2.75) is 70.4 Å². The molecule has 0 aromatic heterocycles. The van der Waals surface area contributed by atoms with Crippen LogP contribution in [0.4, 0.5) is 13.2 Å². The van der Waals surface area contributed by atoms with E-state index in [9.17, 15) is 13.2 Å². The molecular formula is C12H22F3K. The van der Waals surface area contributed by atoms with Crippen LogP contribution < -0.4 is 51.4 Å². The predicted molar refractivity (Wildman–Crippen MR) is 57.6 cm³/mol. The quantitative estimate of drug-likeness (QED) is 0.340. The van der Waals surface area contributed by atoms with Crippen molar-refractivity contribution in [3.63, 3.8) is 0 Å². The SMILES string of the molecule is [CH2-]CCCCCCCCCCC(F)(F)F.[K+]. The van der Waals surface area contributed by atoms with Crippen molar-refractivity contribution >= 4 is 0 Å². The van der Waals surface area contributed by atoms with E-state index in [1.807, 2.05) is 0 Å². The third-order valence-corrected chi connectivity index (χ3v) is 2.46. The summed E-state index contributed by atoms with van der Waals surface area (Å²) in [6.07, 6.45) is 4.20. The van der Waals surface area contributed by atoms with E-state index in [0.717, 1.165) is 32.1 Å². The van der Waals surface area contributed by atoms with Gasteiger partial charge in [0.1, 0.15) is 0 Å². The zero-order valence-electron chi connectivity index (χ0n) is 10.4. The van der Waals surface area contributed by atoms with E-state index in [1.165, 1.54) is 19.3 Å². The van der Waals surface area contributed by atoms with Gasteiger partial charge in [0.05, 0.1) is 0 Å². The summed E-state index contributed by atoms with van der Waals surface area (Å²) in [4.78, 5) is 0. The van der Waals surface area contributed by atoms with Gasteiger partial charge < -0.3 is 6.92 Å². The minimum absolute atomic E-state index is 0. The summed E-state index contributed by atoms with van der Waals surface area (Å²) in [6, 6.07) is 0. The molecule has 0 aliphatic heterocycles. The van der Waals surface area contributed by atoms with E-state index in [-0.39, 0.29) is 51.4 Å². The number of alkyl halides is 3. The minimum Gasteiger partial charge on any atom is -0.343 e. The topological polar surface area (TPSA) is 0 Å². The van der Waals surface area contributed by atoms with Gasteiger partial charge in [-0.15, -0.1) is 0 Å². The molecular weight excluding hydrogens is 240 g/mol. The van der Waals surface area contributed by atoms with Crippen LogP contribution in [0, 0.1) is 6.92 Å². The molecule has 0 bridgehead atoms. The third-order valence-electron chi connectivity index (χ3n) is 2.46. The molecule has 0 aromatic carbocycles. The molecule has 0 saturated carbocycles. The molecule has 0 atom stereocenters. The normalized spacial score (nSPS) is 11.2. The Morgan fingerprint density at radius 3 is 1.44 bits per heavy atom. The van der Waals surface area contributed by atoms with Crippen LogP contribution in [0.25, 0.3) is 0 Å². The molecule has 92 valence electrons. The van der Waals surface area contributed by atoms with Gasteiger partial charge in [0.2, 0.25) is 0 Å². The van der Waals surface area contributed by atoms with Gasteiger partial charge in [-0.3, -0.25) is 0 Å². The van der Waals surface area contributed by atoms with Gasteiger partial charge in [0.15, 0.2) is 0 Å². The van der Waals surface area contributed by atoms with Crippen LogP contribution in [0.2, 0.25) is 0 Å². The van der Waals surface area contributed by atoms with Gasteiger partial charge in [-0.2, -0.15) is 19.6 Å². The van der Waals surface area contributed by atoms with E-state index in [2.05, 4.69) is 6.92 Å². The van der Waals surface area contributed by atoms with Crippen molar-refractivity contribution in [3.8, 4) is 0 Å². The maximum atomic E-state index is 11.8. The van der Waals surface area contributed by atoms with E-state index in [1.54, 1.807) is 0 Å². The summed E-state index contributed by atoms with van der Waals surface area (Å²) in [5.41, 5.74) is 0. The Labute approximate surface area is 140 Å². The summed E-state index contributed by atoms with van der Waals surface area (Å²) < 4.78 is 35.3. The summed E-state index contributed by atoms with van der Waals surface area (Å²) in [6.45, 7) is 3.76. The van der Waals surface area contributed by atoms with Crippen LogP contribution in [0.1, 0.15) is 64.2 Å². The largest absolute Gasteiger partial charge is 1.00 e. The van der Waals surface area contributed by atoms with Crippen LogP contribution in [0.3, 0.4) is 0 Å². The molecule has 0 nitrogen and oxygen atoms in total. The van der Waals surface area contributed by atoms with Gasteiger partial charge in [-0.05, 0) is 6.42 Å². The molecule has 0 unspecified atom stereocenters. The Morgan fingerprint density at radius 1 is 0.688 bits per heavy atom. The van der Waals surface area contributed by atoms with Crippen molar-refractivity contribution in [2.24, 2.45) is 0 Å². The second-order valence-corrected chi connectivity index (χ2v) is 4.05. The molecule has 0 heterocycles. The smallest absolute Gasteiger partial charge is 0.343 e. The summed E-state index contributed by atoms with van der Waals surface area (Å²) >= 11 is 0. The van der Waals surface area contributed by atoms with Crippen molar-refractivity contribution in [1.82, 2.24) is 0 Å². The average molecular weight is 262 g/mol. The van der Waals surface area contributed by atoms with Gasteiger partial charge in [0.25, 0.3) is 0 Å². The molecule has 0 amide bonds. The summed E-state index contributed by atoms with van der Waals surface area (Å²) in [5.74, 6) is 0. The molecule has 0 aromatic rings. The third kappa shape index (κ3) is 17.8. The first kappa shape index (κ1) is 19.8. The maximum Gasteiger partial charge on any atom is 1.00 e. The van der Waals surface area contributed by atoms with Crippen molar-refractivity contribution in [3.05, 3.63) is 6.92 Å². The molecule has 0 radical (unpaired) electrons. The fourth-order valence-electron chi connectivity index (χ4n) is 1.56. The van der Waals surface area contributed by atoms with Crippen LogP contribution >= 0.6 is 0 Å². The van der Waals surface area contributed by atoms with E-state index in [4.69, 9.17) is 0 Å². The van der Waals surface area contributed by atoms with Crippen LogP contribution in [-0.2, 0) is 0 Å². The fourth-order valence-corrected chi connectivity index (χ4v) is 1.56. The van der Waals surface area contributed by atoms with E-state index in [0.29, 0.717) is 6.42 Å². The molecule has 0 aliphatic rings. The Bertz CT molecular complexity index is 135. The fraction of sp³-hybridized carbons (Fsp3) is 0.917. The van der Waals surface area contributed by atoms with Crippen molar-refractivity contribution in [2.75, 3.05) is 0 Å². The molecule has 0 fully saturated rings. The molecule has 0 aliphatic carbocycles. The average Bonchev–Trinajstić information content (AvgIpc) is 2.14. The zero-order chi connectivity index (χ0) is 11.6.